The van der Waals surface area contributed by atoms with Crippen LogP contribution in [0.15, 0.2) is 36.9 Å². The smallest absolute Gasteiger partial charge is 0.306 e. The van der Waals surface area contributed by atoms with Crippen molar-refractivity contribution in [3.05, 3.63) is 48.0 Å². The van der Waals surface area contributed by atoms with Gasteiger partial charge >= 0.3 is 5.97 Å². The van der Waals surface area contributed by atoms with Crippen LogP contribution in [-0.2, 0) is 14.8 Å². The molecule has 1 aliphatic rings. The van der Waals surface area contributed by atoms with E-state index in [1.165, 1.54) is 10.4 Å². The molecule has 5 nitrogen and oxygen atoms in total. The molecule has 120 valence electrons. The lowest BCUT2D eigenvalue weighted by Crippen LogP contribution is -2.41. The third-order valence-corrected chi connectivity index (χ3v) is 6.30. The van der Waals surface area contributed by atoms with Gasteiger partial charge in [0.15, 0.2) is 0 Å². The molecule has 0 amide bonds. The fourth-order valence-corrected chi connectivity index (χ4v) is 4.49. The van der Waals surface area contributed by atoms with E-state index in [4.69, 9.17) is 5.11 Å². The number of nitrogens with zero attached hydrogens (tertiary/aromatic N) is 1. The van der Waals surface area contributed by atoms with E-state index in [9.17, 15) is 13.2 Å². The van der Waals surface area contributed by atoms with Crippen LogP contribution in [0.3, 0.4) is 0 Å². The number of aliphatic carboxylic acids is 1. The summed E-state index contributed by atoms with van der Waals surface area (Å²) in [6, 6.07) is 7.34. The van der Waals surface area contributed by atoms with Gasteiger partial charge in [0.1, 0.15) is 5.25 Å². The first-order valence-corrected chi connectivity index (χ1v) is 8.77. The molecule has 1 heterocycles. The lowest BCUT2D eigenvalue weighted by atomic mass is 9.99. The number of piperidine rings is 1. The fraction of sp³-hybridized carbons (Fsp3) is 0.438. The van der Waals surface area contributed by atoms with E-state index in [2.05, 4.69) is 6.58 Å². The molecule has 1 atom stereocenters. The Morgan fingerprint density at radius 3 is 2.32 bits per heavy atom. The number of aryl methyl sites for hydroxylation is 1. The maximum atomic E-state index is 12.8. The number of benzene rings is 1. The van der Waals surface area contributed by atoms with Gasteiger partial charge in [0.05, 0.1) is 5.92 Å². The quantitative estimate of drug-likeness (QED) is 0.844. The van der Waals surface area contributed by atoms with Crippen LogP contribution in [0.4, 0.5) is 0 Å². The minimum atomic E-state index is -3.57. The van der Waals surface area contributed by atoms with Gasteiger partial charge in [0.25, 0.3) is 0 Å². The molecule has 1 saturated heterocycles. The summed E-state index contributed by atoms with van der Waals surface area (Å²) < 4.78 is 27.0. The molecule has 6 heteroatoms. The largest absolute Gasteiger partial charge is 0.481 e. The normalized spacial score (nSPS) is 18.8. The summed E-state index contributed by atoms with van der Waals surface area (Å²) in [5, 5.41) is 8.21. The highest BCUT2D eigenvalue weighted by molar-refractivity contribution is 7.89. The summed E-state index contributed by atoms with van der Waals surface area (Å²) in [5.41, 5.74) is 1.74. The van der Waals surface area contributed by atoms with E-state index >= 15 is 0 Å². The molecule has 2 rings (SSSR count). The molecule has 0 aromatic heterocycles. The molecule has 0 aliphatic carbocycles. The highest BCUT2D eigenvalue weighted by Crippen LogP contribution is 2.30. The van der Waals surface area contributed by atoms with Crippen molar-refractivity contribution in [3.8, 4) is 0 Å². The SMILES string of the molecule is C=CC(c1ccc(C)cc1)S(=O)(=O)N1CCC(C(=O)O)CC1. The monoisotopic (exact) mass is 323 g/mol. The minimum Gasteiger partial charge on any atom is -0.481 e. The summed E-state index contributed by atoms with van der Waals surface area (Å²) in [5.74, 6) is -1.30. The average molecular weight is 323 g/mol. The zero-order valence-corrected chi connectivity index (χ0v) is 13.4. The first kappa shape index (κ1) is 16.7. The third-order valence-electron chi connectivity index (χ3n) is 4.10. The molecule has 1 fully saturated rings. The van der Waals surface area contributed by atoms with Crippen LogP contribution in [-0.4, -0.2) is 36.9 Å². The van der Waals surface area contributed by atoms with E-state index in [1.807, 2.05) is 19.1 Å². The molecular weight excluding hydrogens is 302 g/mol. The number of sulfonamides is 1. The first-order chi connectivity index (χ1) is 10.4. The lowest BCUT2D eigenvalue weighted by molar-refractivity contribution is -0.142. The second-order valence-electron chi connectivity index (χ2n) is 5.62. The van der Waals surface area contributed by atoms with Crippen molar-refractivity contribution in [2.24, 2.45) is 5.92 Å². The summed E-state index contributed by atoms with van der Waals surface area (Å²) in [7, 11) is -3.57. The van der Waals surface area contributed by atoms with Crippen molar-refractivity contribution in [1.82, 2.24) is 4.31 Å². The molecule has 0 spiro atoms. The van der Waals surface area contributed by atoms with E-state index in [0.29, 0.717) is 18.4 Å². The Balaban J connectivity index is 2.19. The highest BCUT2D eigenvalue weighted by Gasteiger charge is 2.35. The Kier molecular flexibility index (Phi) is 5.03. The number of hydrogen-bond acceptors (Lipinski definition) is 3. The molecule has 22 heavy (non-hydrogen) atoms. The van der Waals surface area contributed by atoms with Gasteiger partial charge in [-0.25, -0.2) is 12.7 Å². The van der Waals surface area contributed by atoms with Crippen LogP contribution < -0.4 is 0 Å². The maximum Gasteiger partial charge on any atom is 0.306 e. The standard InChI is InChI=1S/C16H21NO4S/c1-3-15(13-6-4-12(2)5-7-13)22(20,21)17-10-8-14(9-11-17)16(18)19/h3-7,14-15H,1,8-11H2,2H3,(H,18,19). The molecule has 0 bridgehead atoms. The zero-order valence-electron chi connectivity index (χ0n) is 12.6. The summed E-state index contributed by atoms with van der Waals surface area (Å²) in [4.78, 5) is 11.0. The first-order valence-electron chi connectivity index (χ1n) is 7.27. The lowest BCUT2D eigenvalue weighted by Gasteiger charge is -2.31. The van der Waals surface area contributed by atoms with Crippen molar-refractivity contribution < 1.29 is 18.3 Å². The van der Waals surface area contributed by atoms with Gasteiger partial charge in [-0.05, 0) is 25.3 Å². The van der Waals surface area contributed by atoms with Crippen LogP contribution in [0.1, 0.15) is 29.2 Å². The van der Waals surface area contributed by atoms with Gasteiger partial charge in [0, 0.05) is 13.1 Å². The summed E-state index contributed by atoms with van der Waals surface area (Å²) in [6.07, 6.45) is 2.14. The van der Waals surface area contributed by atoms with Crippen molar-refractivity contribution in [2.75, 3.05) is 13.1 Å². The Morgan fingerprint density at radius 2 is 1.86 bits per heavy atom. The van der Waals surface area contributed by atoms with Gasteiger partial charge in [-0.3, -0.25) is 4.79 Å². The number of hydrogen-bond donors (Lipinski definition) is 1. The van der Waals surface area contributed by atoms with Crippen LogP contribution in [0, 0.1) is 12.8 Å². The topological polar surface area (TPSA) is 74.7 Å². The van der Waals surface area contributed by atoms with Gasteiger partial charge in [-0.15, -0.1) is 6.58 Å². The summed E-state index contributed by atoms with van der Waals surface area (Å²) >= 11 is 0. The molecule has 0 radical (unpaired) electrons. The van der Waals surface area contributed by atoms with Crippen molar-refractivity contribution in [2.45, 2.75) is 25.0 Å². The Morgan fingerprint density at radius 1 is 1.32 bits per heavy atom. The molecule has 1 aliphatic heterocycles. The number of carboxylic acids is 1. The molecular formula is C16H21NO4S. The van der Waals surface area contributed by atoms with Gasteiger partial charge in [-0.1, -0.05) is 35.9 Å². The predicted molar refractivity (Wildman–Crippen MR) is 85.0 cm³/mol. The minimum absolute atomic E-state index is 0.246. The van der Waals surface area contributed by atoms with E-state index in [1.54, 1.807) is 12.1 Å². The van der Waals surface area contributed by atoms with E-state index < -0.39 is 27.2 Å². The number of rotatable bonds is 5. The average Bonchev–Trinajstić information content (AvgIpc) is 2.50. The second-order valence-corrected chi connectivity index (χ2v) is 7.68. The van der Waals surface area contributed by atoms with Crippen molar-refractivity contribution >= 4 is 16.0 Å². The number of carboxylic acid groups (broad SMARTS) is 1. The Labute approximate surface area is 131 Å². The van der Waals surface area contributed by atoms with Crippen molar-refractivity contribution in [1.29, 1.82) is 0 Å². The van der Waals surface area contributed by atoms with Crippen LogP contribution in [0.2, 0.25) is 0 Å². The fourth-order valence-electron chi connectivity index (χ4n) is 2.70. The highest BCUT2D eigenvalue weighted by atomic mass is 32.2. The van der Waals surface area contributed by atoms with Crippen LogP contribution in [0.5, 0.6) is 0 Å². The molecule has 0 saturated carbocycles. The molecule has 1 aromatic rings. The van der Waals surface area contributed by atoms with E-state index in [-0.39, 0.29) is 13.1 Å². The molecule has 1 unspecified atom stereocenters. The Hall–Kier alpha value is -1.66. The van der Waals surface area contributed by atoms with E-state index in [0.717, 1.165) is 5.56 Å². The van der Waals surface area contributed by atoms with Gasteiger partial charge in [-0.2, -0.15) is 0 Å². The Bertz CT molecular complexity index is 643. The molecule has 1 aromatic carbocycles. The van der Waals surface area contributed by atoms with Gasteiger partial charge < -0.3 is 5.11 Å². The van der Waals surface area contributed by atoms with Gasteiger partial charge in [0.2, 0.25) is 10.0 Å². The summed E-state index contributed by atoms with van der Waals surface area (Å²) in [6.45, 7) is 6.10. The number of carbonyl (C=O) groups is 1. The zero-order chi connectivity index (χ0) is 16.3. The van der Waals surface area contributed by atoms with Crippen LogP contribution in [0.25, 0.3) is 0 Å². The van der Waals surface area contributed by atoms with Crippen LogP contribution >= 0.6 is 0 Å². The third kappa shape index (κ3) is 3.39. The second kappa shape index (κ2) is 6.62. The predicted octanol–water partition coefficient (Wildman–Crippen LogP) is 2.35. The molecule has 1 N–H and O–H groups in total. The maximum absolute atomic E-state index is 12.8. The van der Waals surface area contributed by atoms with Crippen molar-refractivity contribution in [3.63, 3.8) is 0 Å².